The van der Waals surface area contributed by atoms with Crippen molar-refractivity contribution in [2.24, 2.45) is 40.4 Å². The van der Waals surface area contributed by atoms with Gasteiger partial charge in [-0.05, 0) is 92.8 Å². The molecule has 0 bridgehead atoms. The molecule has 0 spiro atoms. The second-order valence-corrected chi connectivity index (χ2v) is 14.2. The van der Waals surface area contributed by atoms with Crippen LogP contribution in [0.4, 0.5) is 0 Å². The van der Waals surface area contributed by atoms with Crippen molar-refractivity contribution in [2.45, 2.75) is 135 Å². The average molecular weight is 553 g/mol. The van der Waals surface area contributed by atoms with Gasteiger partial charge in [0.15, 0.2) is 0 Å². The van der Waals surface area contributed by atoms with Gasteiger partial charge in [-0.3, -0.25) is 9.59 Å². The molecule has 11 unspecified atom stereocenters. The molecule has 11 atom stereocenters. The topological polar surface area (TPSA) is 134 Å². The minimum absolute atomic E-state index is 0.0396. The quantitative estimate of drug-likeness (QED) is 0.335. The van der Waals surface area contributed by atoms with Gasteiger partial charge in [0.1, 0.15) is 17.8 Å². The molecule has 0 aromatic heterocycles. The van der Waals surface area contributed by atoms with E-state index < -0.39 is 41.4 Å². The molecule has 8 heteroatoms. The maximum absolute atomic E-state index is 12.6. The zero-order chi connectivity index (χ0) is 29.0. The van der Waals surface area contributed by atoms with Crippen LogP contribution in [0.3, 0.4) is 0 Å². The standard InChI is InChI=1S/C31H52O8/c1-18(2)7-10-26(38-20(4)33)19(3)23-8-9-24-25-15-27(39-21(5)34)31(37)16-22(35)11-12-29(31,17-32)30(25,36)14-13-28(23,24)6/h18-19,22-27,32,35-37H,7-17H2,1-6H3. The summed E-state index contributed by atoms with van der Waals surface area (Å²) in [5.41, 5.74) is -4.48. The second kappa shape index (κ2) is 10.9. The third-order valence-electron chi connectivity index (χ3n) is 11.9. The normalized spacial score (nSPS) is 45.1. The van der Waals surface area contributed by atoms with Gasteiger partial charge in [0.05, 0.1) is 23.7 Å². The molecule has 4 saturated carbocycles. The summed E-state index contributed by atoms with van der Waals surface area (Å²) >= 11 is 0. The van der Waals surface area contributed by atoms with Crippen LogP contribution in [0.1, 0.15) is 106 Å². The zero-order valence-electron chi connectivity index (χ0n) is 24.8. The van der Waals surface area contributed by atoms with E-state index in [2.05, 4.69) is 27.7 Å². The average Bonchev–Trinajstić information content (AvgIpc) is 3.19. The van der Waals surface area contributed by atoms with E-state index in [4.69, 9.17) is 9.47 Å². The van der Waals surface area contributed by atoms with Crippen LogP contribution in [0.5, 0.6) is 0 Å². The molecule has 4 fully saturated rings. The molecule has 0 aromatic carbocycles. The lowest BCUT2D eigenvalue weighted by atomic mass is 9.39. The summed E-state index contributed by atoms with van der Waals surface area (Å²) in [6.45, 7) is 11.2. The Bertz CT molecular complexity index is 922. The molecule has 0 heterocycles. The van der Waals surface area contributed by atoms with Gasteiger partial charge in [-0.2, -0.15) is 0 Å². The number of carbonyl (C=O) groups is 2. The Morgan fingerprint density at radius 2 is 1.62 bits per heavy atom. The van der Waals surface area contributed by atoms with Crippen LogP contribution < -0.4 is 0 Å². The lowest BCUT2D eigenvalue weighted by Crippen LogP contribution is -2.78. The predicted octanol–water partition coefficient (Wildman–Crippen LogP) is 3.75. The highest BCUT2D eigenvalue weighted by molar-refractivity contribution is 5.66. The van der Waals surface area contributed by atoms with E-state index in [0.717, 1.165) is 32.1 Å². The van der Waals surface area contributed by atoms with Crippen LogP contribution >= 0.6 is 0 Å². The van der Waals surface area contributed by atoms with Gasteiger partial charge < -0.3 is 29.9 Å². The van der Waals surface area contributed by atoms with Gasteiger partial charge in [-0.15, -0.1) is 0 Å². The third-order valence-corrected chi connectivity index (χ3v) is 11.9. The van der Waals surface area contributed by atoms with E-state index in [-0.39, 0.29) is 54.0 Å². The van der Waals surface area contributed by atoms with E-state index in [1.807, 2.05) is 0 Å². The molecule has 0 aliphatic heterocycles. The Morgan fingerprint density at radius 3 is 2.21 bits per heavy atom. The molecular weight excluding hydrogens is 500 g/mol. The maximum Gasteiger partial charge on any atom is 0.303 e. The SMILES string of the molecule is CC(=O)OC(CCC(C)C)C(C)C1CCC2C3CC(OC(C)=O)C4(O)CC(O)CCC4(CO)C3(O)CCC12C. The van der Waals surface area contributed by atoms with Crippen LogP contribution in [-0.2, 0) is 19.1 Å². The smallest absolute Gasteiger partial charge is 0.303 e. The fraction of sp³-hybridized carbons (Fsp3) is 0.935. The molecule has 0 amide bonds. The Kier molecular flexibility index (Phi) is 8.57. The summed E-state index contributed by atoms with van der Waals surface area (Å²) in [6, 6.07) is 0. The fourth-order valence-electron chi connectivity index (χ4n) is 9.96. The maximum atomic E-state index is 12.6. The van der Waals surface area contributed by atoms with E-state index >= 15 is 0 Å². The summed E-state index contributed by atoms with van der Waals surface area (Å²) in [5.74, 6) is -0.00195. The summed E-state index contributed by atoms with van der Waals surface area (Å²) in [7, 11) is 0. The van der Waals surface area contributed by atoms with Crippen molar-refractivity contribution in [2.75, 3.05) is 6.61 Å². The first kappa shape index (κ1) is 30.7. The summed E-state index contributed by atoms with van der Waals surface area (Å²) in [4.78, 5) is 24.2. The van der Waals surface area contributed by atoms with Gasteiger partial charge in [-0.1, -0.05) is 27.7 Å². The minimum atomic E-state index is -1.72. The predicted molar refractivity (Wildman–Crippen MR) is 145 cm³/mol. The molecule has 39 heavy (non-hydrogen) atoms. The highest BCUT2D eigenvalue weighted by Gasteiger charge is 2.76. The highest BCUT2D eigenvalue weighted by atomic mass is 16.6. The summed E-state index contributed by atoms with van der Waals surface area (Å²) in [6.07, 6.45) is 3.79. The van der Waals surface area contributed by atoms with Crippen molar-refractivity contribution in [1.29, 1.82) is 0 Å². The van der Waals surface area contributed by atoms with Crippen molar-refractivity contribution in [1.82, 2.24) is 0 Å². The number of esters is 2. The molecule has 8 nitrogen and oxygen atoms in total. The van der Waals surface area contributed by atoms with Crippen LogP contribution in [0, 0.1) is 40.4 Å². The van der Waals surface area contributed by atoms with E-state index in [9.17, 15) is 30.0 Å². The van der Waals surface area contributed by atoms with Crippen molar-refractivity contribution in [3.05, 3.63) is 0 Å². The van der Waals surface area contributed by atoms with Crippen LogP contribution in [-0.4, -0.2) is 68.5 Å². The summed E-state index contributed by atoms with van der Waals surface area (Å²) < 4.78 is 11.6. The largest absolute Gasteiger partial charge is 0.462 e. The number of aliphatic hydroxyl groups excluding tert-OH is 2. The molecule has 0 aromatic rings. The van der Waals surface area contributed by atoms with Crippen molar-refractivity contribution >= 4 is 11.9 Å². The van der Waals surface area contributed by atoms with Gasteiger partial charge in [0.25, 0.3) is 0 Å². The first-order valence-corrected chi connectivity index (χ1v) is 15.2. The van der Waals surface area contributed by atoms with Gasteiger partial charge in [0.2, 0.25) is 0 Å². The first-order valence-electron chi connectivity index (χ1n) is 15.2. The Labute approximate surface area is 233 Å². The lowest BCUT2D eigenvalue weighted by Gasteiger charge is -2.69. The van der Waals surface area contributed by atoms with Crippen LogP contribution in [0.2, 0.25) is 0 Å². The fourth-order valence-corrected chi connectivity index (χ4v) is 9.96. The highest BCUT2D eigenvalue weighted by Crippen LogP contribution is 2.71. The number of carbonyl (C=O) groups excluding carboxylic acids is 2. The number of ether oxygens (including phenoxy) is 2. The number of aliphatic hydroxyl groups is 4. The van der Waals surface area contributed by atoms with Gasteiger partial charge in [0, 0.05) is 20.3 Å². The molecule has 0 saturated heterocycles. The molecule has 0 radical (unpaired) electrons. The molecule has 4 aliphatic carbocycles. The number of hydrogen-bond donors (Lipinski definition) is 4. The van der Waals surface area contributed by atoms with E-state index in [0.29, 0.717) is 25.2 Å². The molecule has 4 aliphatic rings. The van der Waals surface area contributed by atoms with Gasteiger partial charge >= 0.3 is 11.9 Å². The molecule has 4 N–H and O–H groups in total. The molecular formula is C31H52O8. The summed E-state index contributed by atoms with van der Waals surface area (Å²) in [5, 5.41) is 46.1. The van der Waals surface area contributed by atoms with E-state index in [1.54, 1.807) is 0 Å². The number of rotatable bonds is 8. The van der Waals surface area contributed by atoms with Crippen molar-refractivity contribution in [3.8, 4) is 0 Å². The molecule has 224 valence electrons. The first-order chi connectivity index (χ1) is 18.1. The van der Waals surface area contributed by atoms with Crippen molar-refractivity contribution in [3.63, 3.8) is 0 Å². The van der Waals surface area contributed by atoms with E-state index in [1.165, 1.54) is 13.8 Å². The third kappa shape index (κ3) is 4.85. The Morgan fingerprint density at radius 1 is 0.923 bits per heavy atom. The molecule has 4 rings (SSSR count). The van der Waals surface area contributed by atoms with Crippen LogP contribution in [0.15, 0.2) is 0 Å². The lowest BCUT2D eigenvalue weighted by molar-refractivity contribution is -0.338. The number of fused-ring (bicyclic) bond motifs is 5. The van der Waals surface area contributed by atoms with Crippen molar-refractivity contribution < 1.29 is 39.5 Å². The second-order valence-electron chi connectivity index (χ2n) is 14.2. The zero-order valence-corrected chi connectivity index (χ0v) is 24.8. The van der Waals surface area contributed by atoms with Gasteiger partial charge in [-0.25, -0.2) is 0 Å². The monoisotopic (exact) mass is 552 g/mol. The number of hydrogen-bond acceptors (Lipinski definition) is 8. The Hall–Kier alpha value is -1.22. The van der Waals surface area contributed by atoms with Crippen LogP contribution in [0.25, 0.3) is 0 Å². The Balaban J connectivity index is 1.69. The minimum Gasteiger partial charge on any atom is -0.462 e.